The van der Waals surface area contributed by atoms with E-state index < -0.39 is 6.16 Å². The van der Waals surface area contributed by atoms with Gasteiger partial charge in [0.2, 0.25) is 0 Å². The molecule has 0 fully saturated rings. The summed E-state index contributed by atoms with van der Waals surface area (Å²) in [7, 11) is 0. The lowest BCUT2D eigenvalue weighted by atomic mass is 10.1. The van der Waals surface area contributed by atoms with Gasteiger partial charge in [0.25, 0.3) is 0 Å². The number of carbonyl (C=O) groups excluding carboxylic acids is 1. The van der Waals surface area contributed by atoms with E-state index in [1.165, 1.54) is 5.56 Å². The Morgan fingerprint density at radius 3 is 2.71 bits per heavy atom. The molecular formula is C17H20O3S. The first-order valence-corrected chi connectivity index (χ1v) is 7.69. The summed E-state index contributed by atoms with van der Waals surface area (Å²) < 4.78 is 10.2. The van der Waals surface area contributed by atoms with Crippen LogP contribution >= 0.6 is 12.6 Å². The van der Waals surface area contributed by atoms with Crippen molar-refractivity contribution in [2.45, 2.75) is 38.0 Å². The van der Waals surface area contributed by atoms with Crippen molar-refractivity contribution in [3.05, 3.63) is 35.9 Å². The summed E-state index contributed by atoms with van der Waals surface area (Å²) in [6, 6.07) is 9.72. The number of ether oxygens (including phenoxy) is 2. The Kier molecular flexibility index (Phi) is 5.51. The minimum Gasteiger partial charge on any atom is -0.434 e. The van der Waals surface area contributed by atoms with Crippen molar-refractivity contribution in [1.82, 2.24) is 0 Å². The zero-order valence-electron chi connectivity index (χ0n) is 12.4. The maximum Gasteiger partial charge on any atom is 0.513 e. The van der Waals surface area contributed by atoms with Gasteiger partial charge < -0.3 is 9.47 Å². The maximum absolute atomic E-state index is 11.6. The van der Waals surface area contributed by atoms with Gasteiger partial charge in [-0.2, -0.15) is 0 Å². The Hall–Kier alpha value is -1.68. The fourth-order valence-corrected chi connectivity index (χ4v) is 2.51. The maximum atomic E-state index is 11.6. The lowest BCUT2D eigenvalue weighted by molar-refractivity contribution is 0.104. The van der Waals surface area contributed by atoms with E-state index in [0.29, 0.717) is 12.4 Å². The van der Waals surface area contributed by atoms with Gasteiger partial charge in [0.05, 0.1) is 6.61 Å². The molecule has 4 heteroatoms. The molecule has 0 unspecified atom stereocenters. The van der Waals surface area contributed by atoms with Gasteiger partial charge in [0, 0.05) is 10.5 Å². The number of fused-ring (bicyclic) bond motifs is 1. The molecule has 0 aliphatic heterocycles. The number of rotatable bonds is 5. The van der Waals surface area contributed by atoms with Gasteiger partial charge in [-0.25, -0.2) is 4.79 Å². The molecule has 0 bridgehead atoms. The molecule has 0 aromatic carbocycles. The van der Waals surface area contributed by atoms with Crippen LogP contribution in [-0.2, 0) is 11.2 Å². The van der Waals surface area contributed by atoms with Crippen LogP contribution in [0.5, 0.6) is 5.75 Å². The monoisotopic (exact) mass is 304 g/mol. The zero-order valence-corrected chi connectivity index (χ0v) is 13.3. The van der Waals surface area contributed by atoms with Crippen LogP contribution in [0.25, 0.3) is 11.1 Å². The Labute approximate surface area is 131 Å². The van der Waals surface area contributed by atoms with E-state index in [1.54, 1.807) is 6.92 Å². The third kappa shape index (κ3) is 3.91. The Bertz CT molecular complexity index is 595. The first-order valence-electron chi connectivity index (χ1n) is 7.25. The zero-order chi connectivity index (χ0) is 15.2. The quantitative estimate of drug-likeness (QED) is 0.626. The molecule has 0 spiro atoms. The van der Waals surface area contributed by atoms with Gasteiger partial charge >= 0.3 is 6.16 Å². The second kappa shape index (κ2) is 7.36. The van der Waals surface area contributed by atoms with Crippen molar-refractivity contribution >= 4 is 18.8 Å². The van der Waals surface area contributed by atoms with Gasteiger partial charge in [-0.1, -0.05) is 25.5 Å². The van der Waals surface area contributed by atoms with Crippen LogP contribution in [0, 0.1) is 0 Å². The van der Waals surface area contributed by atoms with E-state index in [2.05, 4.69) is 19.6 Å². The summed E-state index contributed by atoms with van der Waals surface area (Å²) in [6.45, 7) is 4.21. The topological polar surface area (TPSA) is 35.5 Å². The number of aryl methyl sites for hydroxylation is 1. The number of hydrogen-bond acceptors (Lipinski definition) is 4. The molecule has 112 valence electrons. The SMILES string of the molecule is CCCCc1cc(OC(=O)OCC)c2cccc(S)cc1-2. The van der Waals surface area contributed by atoms with E-state index in [-0.39, 0.29) is 0 Å². The predicted molar refractivity (Wildman–Crippen MR) is 86.6 cm³/mol. The second-order valence-corrected chi connectivity index (χ2v) is 5.36. The van der Waals surface area contributed by atoms with Gasteiger partial charge in [0.15, 0.2) is 0 Å². The molecule has 2 rings (SSSR count). The third-order valence-electron chi connectivity index (χ3n) is 3.28. The fourth-order valence-electron chi connectivity index (χ4n) is 2.30. The smallest absolute Gasteiger partial charge is 0.434 e. The summed E-state index contributed by atoms with van der Waals surface area (Å²) in [5, 5.41) is 0. The van der Waals surface area contributed by atoms with Gasteiger partial charge in [-0.3, -0.25) is 0 Å². The van der Waals surface area contributed by atoms with Crippen LogP contribution in [-0.4, -0.2) is 12.8 Å². The summed E-state index contributed by atoms with van der Waals surface area (Å²) in [5.74, 6) is 0.554. The highest BCUT2D eigenvalue weighted by molar-refractivity contribution is 7.80. The normalized spacial score (nSPS) is 10.6. The van der Waals surface area contributed by atoms with Crippen molar-refractivity contribution < 1.29 is 14.3 Å². The summed E-state index contributed by atoms with van der Waals surface area (Å²) in [5.41, 5.74) is 3.17. The first-order chi connectivity index (χ1) is 10.2. The average Bonchev–Trinajstić information content (AvgIpc) is 2.63. The molecule has 0 amide bonds. The molecule has 3 nitrogen and oxygen atoms in total. The van der Waals surface area contributed by atoms with Gasteiger partial charge in [-0.05, 0) is 49.1 Å². The van der Waals surface area contributed by atoms with Crippen molar-refractivity contribution in [3.8, 4) is 16.9 Å². The lowest BCUT2D eigenvalue weighted by Crippen LogP contribution is -2.09. The van der Waals surface area contributed by atoms with E-state index in [9.17, 15) is 4.79 Å². The van der Waals surface area contributed by atoms with Gasteiger partial charge in [0.1, 0.15) is 5.75 Å². The Morgan fingerprint density at radius 2 is 2.00 bits per heavy atom. The third-order valence-corrected chi connectivity index (χ3v) is 3.56. The lowest BCUT2D eigenvalue weighted by Gasteiger charge is -2.04. The first kappa shape index (κ1) is 15.7. The van der Waals surface area contributed by atoms with E-state index in [4.69, 9.17) is 9.47 Å². The molecule has 0 saturated carbocycles. The molecule has 0 heterocycles. The molecular weight excluding hydrogens is 284 g/mol. The standard InChI is InChI=1S/C17H20O3S/c1-3-5-7-12-10-16(20-17(18)19-4-2)14-9-6-8-13(21)11-15(12)14/h6,8-11,21H,3-5,7H2,1-2H3. The minimum atomic E-state index is -0.663. The molecule has 0 aromatic heterocycles. The highest BCUT2D eigenvalue weighted by atomic mass is 32.1. The number of unbranched alkanes of at least 4 members (excludes halogenated alkanes) is 1. The molecule has 21 heavy (non-hydrogen) atoms. The van der Waals surface area contributed by atoms with Crippen molar-refractivity contribution in [2.24, 2.45) is 0 Å². The molecule has 0 aromatic rings. The molecule has 0 radical (unpaired) electrons. The molecule has 2 aliphatic rings. The molecule has 0 N–H and O–H groups in total. The summed E-state index contributed by atoms with van der Waals surface area (Å²) in [4.78, 5) is 12.5. The number of hydrogen-bond donors (Lipinski definition) is 1. The number of thiol groups is 1. The van der Waals surface area contributed by atoms with Crippen LogP contribution in [0.1, 0.15) is 32.3 Å². The Morgan fingerprint density at radius 1 is 1.19 bits per heavy atom. The molecule has 0 saturated heterocycles. The number of carbonyl (C=O) groups is 1. The molecule has 2 aliphatic carbocycles. The largest absolute Gasteiger partial charge is 0.513 e. The van der Waals surface area contributed by atoms with Crippen LogP contribution in [0.2, 0.25) is 0 Å². The van der Waals surface area contributed by atoms with Crippen LogP contribution in [0.3, 0.4) is 0 Å². The average molecular weight is 304 g/mol. The minimum absolute atomic E-state index is 0.300. The highest BCUT2D eigenvalue weighted by Crippen LogP contribution is 2.39. The predicted octanol–water partition coefficient (Wildman–Crippen LogP) is 4.96. The van der Waals surface area contributed by atoms with Crippen molar-refractivity contribution in [1.29, 1.82) is 0 Å². The van der Waals surface area contributed by atoms with E-state index in [0.717, 1.165) is 35.3 Å². The second-order valence-electron chi connectivity index (χ2n) is 4.84. The highest BCUT2D eigenvalue weighted by Gasteiger charge is 2.18. The van der Waals surface area contributed by atoms with Crippen LogP contribution < -0.4 is 4.74 Å². The summed E-state index contributed by atoms with van der Waals surface area (Å²) in [6.07, 6.45) is 2.51. The fraction of sp³-hybridized carbons (Fsp3) is 0.353. The van der Waals surface area contributed by atoms with Crippen LogP contribution in [0.4, 0.5) is 4.79 Å². The van der Waals surface area contributed by atoms with Crippen molar-refractivity contribution in [3.63, 3.8) is 0 Å². The summed E-state index contributed by atoms with van der Waals surface area (Å²) >= 11 is 4.43. The van der Waals surface area contributed by atoms with E-state index >= 15 is 0 Å². The molecule has 0 atom stereocenters. The van der Waals surface area contributed by atoms with E-state index in [1.807, 2.05) is 30.3 Å². The van der Waals surface area contributed by atoms with Crippen LogP contribution in [0.15, 0.2) is 35.2 Å². The van der Waals surface area contributed by atoms with Gasteiger partial charge in [-0.15, -0.1) is 12.6 Å². The van der Waals surface area contributed by atoms with Crippen molar-refractivity contribution in [2.75, 3.05) is 6.61 Å². The Balaban J connectivity index is 2.38.